The highest BCUT2D eigenvalue weighted by Gasteiger charge is 2.35. The second-order valence-electron chi connectivity index (χ2n) is 4.01. The first-order chi connectivity index (χ1) is 9.31. The topological polar surface area (TPSA) is 93.4 Å². The number of oxime groups is 1. The van der Waals surface area contributed by atoms with Gasteiger partial charge in [-0.05, 0) is 6.07 Å². The number of ether oxygens (including phenoxy) is 2. The molecule has 2 rings (SSSR count). The van der Waals surface area contributed by atoms with Crippen LogP contribution >= 0.6 is 0 Å². The molecule has 1 aliphatic heterocycles. The zero-order valence-corrected chi connectivity index (χ0v) is 10.5. The molecule has 0 saturated heterocycles. The highest BCUT2D eigenvalue weighted by Crippen LogP contribution is 2.27. The van der Waals surface area contributed by atoms with E-state index in [0.717, 1.165) is 0 Å². The normalized spacial score (nSPS) is 21.9. The van der Waals surface area contributed by atoms with Crippen molar-refractivity contribution in [3.63, 3.8) is 0 Å². The molecule has 0 aromatic carbocycles. The molecular weight excluding hydrogens is 252 g/mol. The number of hydrogen-bond acceptors (Lipinski definition) is 7. The monoisotopic (exact) mass is 268 g/mol. The lowest BCUT2D eigenvalue weighted by molar-refractivity contribution is 0.00649. The maximum Gasteiger partial charge on any atom is 0.188 e. The molecule has 104 valence electrons. The molecule has 0 spiro atoms. The van der Waals surface area contributed by atoms with Crippen molar-refractivity contribution in [2.45, 2.75) is 6.10 Å². The van der Waals surface area contributed by atoms with Gasteiger partial charge >= 0.3 is 0 Å². The number of aliphatic hydroxyl groups excluding tert-OH is 2. The first-order valence-electron chi connectivity index (χ1n) is 5.83. The molecule has 0 fully saturated rings. The van der Waals surface area contributed by atoms with Crippen LogP contribution in [-0.4, -0.2) is 54.1 Å². The predicted molar refractivity (Wildman–Crippen MR) is 65.8 cm³/mol. The largest absolute Gasteiger partial charge is 0.465 e. The Morgan fingerprint density at radius 2 is 2.21 bits per heavy atom. The fourth-order valence-corrected chi connectivity index (χ4v) is 1.88. The van der Waals surface area contributed by atoms with E-state index >= 15 is 0 Å². The van der Waals surface area contributed by atoms with E-state index in [-0.39, 0.29) is 20.0 Å². The highest BCUT2D eigenvalue weighted by molar-refractivity contribution is 6.05. The van der Waals surface area contributed by atoms with Crippen molar-refractivity contribution in [2.75, 3.05) is 27.1 Å². The van der Waals surface area contributed by atoms with Crippen LogP contribution in [-0.2, 0) is 9.57 Å². The Kier molecular flexibility index (Phi) is 4.67. The molecule has 19 heavy (non-hydrogen) atoms. The molecule has 7 heteroatoms. The molecule has 2 unspecified atom stereocenters. The first-order valence-corrected chi connectivity index (χ1v) is 5.83. The van der Waals surface area contributed by atoms with Gasteiger partial charge in [-0.25, -0.2) is 0 Å². The zero-order chi connectivity index (χ0) is 13.7. The summed E-state index contributed by atoms with van der Waals surface area (Å²) in [6.07, 6.45) is 2.60. The number of rotatable bonds is 6. The molecule has 1 aromatic heterocycles. The molecule has 0 radical (unpaired) electrons. The summed E-state index contributed by atoms with van der Waals surface area (Å²) in [6, 6.07) is 1.72. The van der Waals surface area contributed by atoms with Crippen LogP contribution in [0.3, 0.4) is 0 Å². The summed E-state index contributed by atoms with van der Waals surface area (Å²) in [5, 5.41) is 22.5. The van der Waals surface area contributed by atoms with Gasteiger partial charge in [-0.3, -0.25) is 4.98 Å². The van der Waals surface area contributed by atoms with Crippen molar-refractivity contribution < 1.29 is 24.5 Å². The van der Waals surface area contributed by atoms with E-state index in [1.807, 2.05) is 0 Å². The standard InChI is InChI=1S/C12H16N2O5/c1-17-7-18-10-4-13-3-2-8(10)12-9(5-15)11(6-16)19-14-12/h2-4,9,11,15-16H,5-7H2,1H3. The summed E-state index contributed by atoms with van der Waals surface area (Å²) in [6.45, 7) is -0.298. The molecule has 0 aliphatic carbocycles. The summed E-state index contributed by atoms with van der Waals surface area (Å²) in [4.78, 5) is 9.07. The number of methoxy groups -OCH3 is 1. The lowest BCUT2D eigenvalue weighted by Gasteiger charge is -2.15. The Morgan fingerprint density at radius 3 is 2.89 bits per heavy atom. The molecular formula is C12H16N2O5. The molecule has 7 nitrogen and oxygen atoms in total. The van der Waals surface area contributed by atoms with Crippen molar-refractivity contribution in [3.05, 3.63) is 24.0 Å². The van der Waals surface area contributed by atoms with Gasteiger partial charge in [0.1, 0.15) is 11.5 Å². The Morgan fingerprint density at radius 1 is 1.37 bits per heavy atom. The summed E-state index contributed by atoms with van der Waals surface area (Å²) >= 11 is 0. The van der Waals surface area contributed by atoms with Crippen LogP contribution in [0.5, 0.6) is 5.75 Å². The van der Waals surface area contributed by atoms with Crippen LogP contribution in [0.15, 0.2) is 23.6 Å². The van der Waals surface area contributed by atoms with Gasteiger partial charge in [0.25, 0.3) is 0 Å². The van der Waals surface area contributed by atoms with Gasteiger partial charge < -0.3 is 24.5 Å². The lowest BCUT2D eigenvalue weighted by atomic mass is 9.93. The number of aromatic nitrogens is 1. The predicted octanol–water partition coefficient (Wildman–Crippen LogP) is -0.232. The van der Waals surface area contributed by atoms with Gasteiger partial charge in [0.05, 0.1) is 25.3 Å². The van der Waals surface area contributed by atoms with Crippen LogP contribution in [0.4, 0.5) is 0 Å². The Labute approximate surface area is 110 Å². The van der Waals surface area contributed by atoms with E-state index in [1.54, 1.807) is 12.3 Å². The molecule has 1 aliphatic rings. The van der Waals surface area contributed by atoms with Crippen LogP contribution in [0.25, 0.3) is 0 Å². The third-order valence-corrected chi connectivity index (χ3v) is 2.86. The van der Waals surface area contributed by atoms with Gasteiger partial charge in [-0.15, -0.1) is 0 Å². The van der Waals surface area contributed by atoms with Gasteiger partial charge in [0, 0.05) is 18.9 Å². The molecule has 1 aromatic rings. The summed E-state index contributed by atoms with van der Waals surface area (Å²) in [5.74, 6) is 0.0982. The van der Waals surface area contributed by atoms with Crippen molar-refractivity contribution in [1.29, 1.82) is 0 Å². The van der Waals surface area contributed by atoms with Crippen LogP contribution in [0.2, 0.25) is 0 Å². The highest BCUT2D eigenvalue weighted by atomic mass is 16.7. The van der Waals surface area contributed by atoms with Gasteiger partial charge in [0.2, 0.25) is 0 Å². The quantitative estimate of drug-likeness (QED) is 0.692. The maximum absolute atomic E-state index is 9.41. The summed E-state index contributed by atoms with van der Waals surface area (Å²) in [5.41, 5.74) is 1.21. The molecule has 2 atom stereocenters. The number of aliphatic hydroxyl groups is 2. The Balaban J connectivity index is 2.26. The van der Waals surface area contributed by atoms with Gasteiger partial charge in [0.15, 0.2) is 12.9 Å². The van der Waals surface area contributed by atoms with Gasteiger partial charge in [-0.2, -0.15) is 0 Å². The smallest absolute Gasteiger partial charge is 0.188 e. The fourth-order valence-electron chi connectivity index (χ4n) is 1.88. The maximum atomic E-state index is 9.41. The van der Waals surface area contributed by atoms with Crippen LogP contribution in [0.1, 0.15) is 5.56 Å². The second-order valence-corrected chi connectivity index (χ2v) is 4.01. The van der Waals surface area contributed by atoms with E-state index in [9.17, 15) is 5.11 Å². The zero-order valence-electron chi connectivity index (χ0n) is 10.5. The van der Waals surface area contributed by atoms with Crippen LogP contribution < -0.4 is 4.74 Å². The summed E-state index contributed by atoms with van der Waals surface area (Å²) < 4.78 is 10.2. The third kappa shape index (κ3) is 2.83. The Bertz CT molecular complexity index is 452. The average Bonchev–Trinajstić information content (AvgIpc) is 2.88. The second kappa shape index (κ2) is 6.46. The molecule has 2 N–H and O–H groups in total. The number of nitrogens with zero attached hydrogens (tertiary/aromatic N) is 2. The lowest BCUT2D eigenvalue weighted by Crippen LogP contribution is -2.30. The van der Waals surface area contributed by atoms with E-state index in [2.05, 4.69) is 10.1 Å². The minimum atomic E-state index is -0.538. The van der Waals surface area contributed by atoms with E-state index in [4.69, 9.17) is 19.4 Å². The first kappa shape index (κ1) is 13.7. The minimum Gasteiger partial charge on any atom is -0.465 e. The van der Waals surface area contributed by atoms with Crippen LogP contribution in [0, 0.1) is 5.92 Å². The molecule has 0 bridgehead atoms. The number of pyridine rings is 1. The van der Waals surface area contributed by atoms with Crippen molar-refractivity contribution in [2.24, 2.45) is 11.1 Å². The molecule has 0 amide bonds. The van der Waals surface area contributed by atoms with Gasteiger partial charge in [-0.1, -0.05) is 5.16 Å². The van der Waals surface area contributed by atoms with Crippen molar-refractivity contribution in [1.82, 2.24) is 4.98 Å². The van der Waals surface area contributed by atoms with E-state index in [1.165, 1.54) is 13.3 Å². The minimum absolute atomic E-state index is 0.0834. The number of hydrogen-bond donors (Lipinski definition) is 2. The average molecular weight is 268 g/mol. The van der Waals surface area contributed by atoms with Crippen molar-refractivity contribution >= 4 is 5.71 Å². The van der Waals surface area contributed by atoms with E-state index in [0.29, 0.717) is 17.0 Å². The fraction of sp³-hybridized carbons (Fsp3) is 0.500. The Hall–Kier alpha value is -1.70. The SMILES string of the molecule is COCOc1cnccc1C1=NOC(CO)C1CO. The summed E-state index contributed by atoms with van der Waals surface area (Å²) in [7, 11) is 1.52. The van der Waals surface area contributed by atoms with E-state index < -0.39 is 12.0 Å². The van der Waals surface area contributed by atoms with Crippen molar-refractivity contribution in [3.8, 4) is 5.75 Å². The third-order valence-electron chi connectivity index (χ3n) is 2.86. The molecule has 0 saturated carbocycles. The molecule has 2 heterocycles.